The van der Waals surface area contributed by atoms with Crippen LogP contribution in [0.5, 0.6) is 0 Å². The lowest BCUT2D eigenvalue weighted by Crippen LogP contribution is -2.48. The molecule has 0 aromatic rings. The highest BCUT2D eigenvalue weighted by molar-refractivity contribution is 4.94. The average Bonchev–Trinajstić information content (AvgIpc) is 3.00. The third-order valence-electron chi connectivity index (χ3n) is 4.37. The van der Waals surface area contributed by atoms with Gasteiger partial charge in [0.25, 0.3) is 0 Å². The molecule has 2 heteroatoms. The van der Waals surface area contributed by atoms with Crippen molar-refractivity contribution in [1.82, 2.24) is 10.6 Å². The molecule has 2 atom stereocenters. The van der Waals surface area contributed by atoms with Crippen LogP contribution in [-0.2, 0) is 0 Å². The van der Waals surface area contributed by atoms with Crippen molar-refractivity contribution in [3.8, 4) is 0 Å². The quantitative estimate of drug-likeness (QED) is 0.702. The van der Waals surface area contributed by atoms with Gasteiger partial charge in [-0.05, 0) is 57.0 Å². The fourth-order valence-electron chi connectivity index (χ4n) is 2.82. The van der Waals surface area contributed by atoms with E-state index in [1.54, 1.807) is 0 Å². The second-order valence-electron chi connectivity index (χ2n) is 5.61. The molecule has 2 fully saturated rings. The van der Waals surface area contributed by atoms with Crippen molar-refractivity contribution >= 4 is 0 Å². The van der Waals surface area contributed by atoms with Gasteiger partial charge in [-0.3, -0.25) is 0 Å². The lowest BCUT2D eigenvalue weighted by Gasteiger charge is -2.29. The normalized spacial score (nSPS) is 33.2. The van der Waals surface area contributed by atoms with Crippen LogP contribution in [0, 0.1) is 11.8 Å². The lowest BCUT2D eigenvalue weighted by atomic mass is 9.94. The average molecular weight is 210 g/mol. The summed E-state index contributed by atoms with van der Waals surface area (Å²) in [6, 6.07) is 0. The maximum absolute atomic E-state index is 3.68. The van der Waals surface area contributed by atoms with Crippen LogP contribution in [0.1, 0.15) is 46.0 Å². The SMILES string of the molecule is CCC1(CNCC(C)C2CC2)CCCN1. The molecule has 1 saturated heterocycles. The smallest absolute Gasteiger partial charge is 0.0304 e. The predicted octanol–water partition coefficient (Wildman–Crippen LogP) is 2.15. The topological polar surface area (TPSA) is 24.1 Å². The van der Waals surface area contributed by atoms with Crippen LogP contribution in [0.3, 0.4) is 0 Å². The van der Waals surface area contributed by atoms with E-state index in [4.69, 9.17) is 0 Å². The summed E-state index contributed by atoms with van der Waals surface area (Å²) in [7, 11) is 0. The summed E-state index contributed by atoms with van der Waals surface area (Å²) >= 11 is 0. The lowest BCUT2D eigenvalue weighted by molar-refractivity contribution is 0.325. The van der Waals surface area contributed by atoms with E-state index in [0.29, 0.717) is 5.54 Å². The van der Waals surface area contributed by atoms with Gasteiger partial charge in [0.2, 0.25) is 0 Å². The summed E-state index contributed by atoms with van der Waals surface area (Å²) in [6.45, 7) is 8.30. The van der Waals surface area contributed by atoms with Gasteiger partial charge in [-0.15, -0.1) is 0 Å². The number of hydrogen-bond acceptors (Lipinski definition) is 2. The van der Waals surface area contributed by atoms with E-state index >= 15 is 0 Å². The first-order valence-electron chi connectivity index (χ1n) is 6.71. The van der Waals surface area contributed by atoms with Gasteiger partial charge in [0.1, 0.15) is 0 Å². The molecule has 1 heterocycles. The van der Waals surface area contributed by atoms with E-state index in [-0.39, 0.29) is 0 Å². The highest BCUT2D eigenvalue weighted by atomic mass is 15.1. The van der Waals surface area contributed by atoms with Gasteiger partial charge in [0, 0.05) is 12.1 Å². The molecule has 88 valence electrons. The predicted molar refractivity (Wildman–Crippen MR) is 65.0 cm³/mol. The Kier molecular flexibility index (Phi) is 3.68. The summed E-state index contributed by atoms with van der Waals surface area (Å²) in [4.78, 5) is 0. The van der Waals surface area contributed by atoms with Crippen LogP contribution >= 0.6 is 0 Å². The second-order valence-corrected chi connectivity index (χ2v) is 5.61. The molecule has 2 aliphatic rings. The van der Waals surface area contributed by atoms with Gasteiger partial charge >= 0.3 is 0 Å². The molecule has 1 aliphatic heterocycles. The van der Waals surface area contributed by atoms with E-state index in [9.17, 15) is 0 Å². The molecule has 0 aromatic heterocycles. The molecule has 2 N–H and O–H groups in total. The molecule has 15 heavy (non-hydrogen) atoms. The minimum Gasteiger partial charge on any atom is -0.315 e. The second kappa shape index (κ2) is 4.84. The van der Waals surface area contributed by atoms with Crippen molar-refractivity contribution in [2.45, 2.75) is 51.5 Å². The molecule has 2 nitrogen and oxygen atoms in total. The van der Waals surface area contributed by atoms with Crippen LogP contribution in [0.25, 0.3) is 0 Å². The summed E-state index contributed by atoms with van der Waals surface area (Å²) in [5.41, 5.74) is 0.420. The van der Waals surface area contributed by atoms with Crippen LogP contribution in [0.15, 0.2) is 0 Å². The summed E-state index contributed by atoms with van der Waals surface area (Å²) < 4.78 is 0. The maximum atomic E-state index is 3.68. The Morgan fingerprint density at radius 2 is 2.27 bits per heavy atom. The van der Waals surface area contributed by atoms with Crippen molar-refractivity contribution in [1.29, 1.82) is 0 Å². The van der Waals surface area contributed by atoms with Crippen LogP contribution < -0.4 is 10.6 Å². The molecule has 0 radical (unpaired) electrons. The molecule has 0 amide bonds. The first kappa shape index (κ1) is 11.4. The first-order chi connectivity index (χ1) is 7.26. The maximum Gasteiger partial charge on any atom is 0.0304 e. The van der Waals surface area contributed by atoms with Crippen LogP contribution in [-0.4, -0.2) is 25.2 Å². The van der Waals surface area contributed by atoms with Gasteiger partial charge in [-0.2, -0.15) is 0 Å². The first-order valence-corrected chi connectivity index (χ1v) is 6.71. The molecule has 0 spiro atoms. The van der Waals surface area contributed by atoms with Gasteiger partial charge in [-0.25, -0.2) is 0 Å². The zero-order valence-corrected chi connectivity index (χ0v) is 10.3. The Bertz CT molecular complexity index is 193. The van der Waals surface area contributed by atoms with Gasteiger partial charge in [-0.1, -0.05) is 13.8 Å². The third kappa shape index (κ3) is 2.94. The molecule has 2 rings (SSSR count). The molecule has 0 aromatic carbocycles. The van der Waals surface area contributed by atoms with E-state index in [0.717, 1.165) is 11.8 Å². The van der Waals surface area contributed by atoms with Gasteiger partial charge in [0.05, 0.1) is 0 Å². The van der Waals surface area contributed by atoms with Crippen molar-refractivity contribution in [2.24, 2.45) is 11.8 Å². The zero-order valence-electron chi connectivity index (χ0n) is 10.3. The third-order valence-corrected chi connectivity index (χ3v) is 4.37. The van der Waals surface area contributed by atoms with Crippen molar-refractivity contribution in [2.75, 3.05) is 19.6 Å². The fraction of sp³-hybridized carbons (Fsp3) is 1.00. The number of hydrogen-bond donors (Lipinski definition) is 2. The highest BCUT2D eigenvalue weighted by Gasteiger charge is 2.32. The standard InChI is InChI=1S/C13H26N2/c1-3-13(7-4-8-15-13)10-14-9-11(2)12-5-6-12/h11-12,14-15H,3-10H2,1-2H3. The summed E-state index contributed by atoms with van der Waals surface area (Å²) in [5, 5.41) is 7.35. The number of rotatable bonds is 6. The molecular formula is C13H26N2. The zero-order chi connectivity index (χ0) is 10.7. The number of nitrogens with one attached hydrogen (secondary N) is 2. The Balaban J connectivity index is 1.66. The van der Waals surface area contributed by atoms with Crippen molar-refractivity contribution in [3.63, 3.8) is 0 Å². The fourth-order valence-corrected chi connectivity index (χ4v) is 2.82. The Hall–Kier alpha value is -0.0800. The molecule has 0 bridgehead atoms. The van der Waals surface area contributed by atoms with E-state index in [2.05, 4.69) is 24.5 Å². The molecular weight excluding hydrogens is 184 g/mol. The summed E-state index contributed by atoms with van der Waals surface area (Å²) in [5.74, 6) is 1.92. The highest BCUT2D eigenvalue weighted by Crippen LogP contribution is 2.36. The van der Waals surface area contributed by atoms with Crippen LogP contribution in [0.4, 0.5) is 0 Å². The molecule has 2 unspecified atom stereocenters. The minimum absolute atomic E-state index is 0.420. The summed E-state index contributed by atoms with van der Waals surface area (Å²) in [6.07, 6.45) is 6.92. The van der Waals surface area contributed by atoms with E-state index in [1.165, 1.54) is 51.7 Å². The molecule has 1 aliphatic carbocycles. The van der Waals surface area contributed by atoms with Crippen molar-refractivity contribution < 1.29 is 0 Å². The molecule has 1 saturated carbocycles. The van der Waals surface area contributed by atoms with Crippen LogP contribution in [0.2, 0.25) is 0 Å². The Morgan fingerprint density at radius 1 is 1.47 bits per heavy atom. The van der Waals surface area contributed by atoms with E-state index < -0.39 is 0 Å². The van der Waals surface area contributed by atoms with E-state index in [1.807, 2.05) is 0 Å². The Morgan fingerprint density at radius 3 is 2.80 bits per heavy atom. The van der Waals surface area contributed by atoms with Crippen molar-refractivity contribution in [3.05, 3.63) is 0 Å². The van der Waals surface area contributed by atoms with Gasteiger partial charge < -0.3 is 10.6 Å². The van der Waals surface area contributed by atoms with Gasteiger partial charge in [0.15, 0.2) is 0 Å². The monoisotopic (exact) mass is 210 g/mol. The minimum atomic E-state index is 0.420. The Labute approximate surface area is 94.2 Å². The largest absolute Gasteiger partial charge is 0.315 e.